The van der Waals surface area contributed by atoms with Crippen molar-refractivity contribution in [2.75, 3.05) is 49.6 Å². The van der Waals surface area contributed by atoms with Gasteiger partial charge in [-0.05, 0) is 55.0 Å². The molecule has 0 spiro atoms. The van der Waals surface area contributed by atoms with Gasteiger partial charge in [-0.3, -0.25) is 4.79 Å². The molecule has 0 radical (unpaired) electrons. The van der Waals surface area contributed by atoms with Crippen molar-refractivity contribution in [2.45, 2.75) is 6.92 Å². The predicted molar refractivity (Wildman–Crippen MR) is 103 cm³/mol. The van der Waals surface area contributed by atoms with Crippen LogP contribution in [0, 0.1) is 6.92 Å². The number of hydrogen-bond donors (Lipinski definition) is 3. The molecule has 1 amide bonds. The molecule has 1 aliphatic rings. The van der Waals surface area contributed by atoms with Crippen molar-refractivity contribution in [1.82, 2.24) is 5.32 Å². The first kappa shape index (κ1) is 18.2. The lowest BCUT2D eigenvalue weighted by atomic mass is 10.1. The Balaban J connectivity index is 1.64. The zero-order valence-corrected chi connectivity index (χ0v) is 15.0. The van der Waals surface area contributed by atoms with Gasteiger partial charge in [-0.25, -0.2) is 0 Å². The quantitative estimate of drug-likeness (QED) is 0.739. The van der Waals surface area contributed by atoms with Gasteiger partial charge in [0.15, 0.2) is 0 Å². The fourth-order valence-corrected chi connectivity index (χ4v) is 2.97. The summed E-state index contributed by atoms with van der Waals surface area (Å²) in [6, 6.07) is 13.2. The lowest BCUT2D eigenvalue weighted by Crippen LogP contribution is -2.43. The highest BCUT2D eigenvalue weighted by Gasteiger charge is 2.12. The third kappa shape index (κ3) is 4.53. The average Bonchev–Trinajstić information content (AvgIpc) is 2.69. The topological polar surface area (TPSA) is 73.8 Å². The van der Waals surface area contributed by atoms with E-state index in [1.807, 2.05) is 43.3 Å². The number of piperazine rings is 1. The highest BCUT2D eigenvalue weighted by atomic mass is 16.5. The third-order valence-electron chi connectivity index (χ3n) is 4.42. The molecule has 138 valence electrons. The monoisotopic (exact) mass is 355 g/mol. The van der Waals surface area contributed by atoms with E-state index in [-0.39, 0.29) is 19.1 Å². The second-order valence-corrected chi connectivity index (χ2v) is 6.29. The van der Waals surface area contributed by atoms with Crippen molar-refractivity contribution in [2.24, 2.45) is 0 Å². The second kappa shape index (κ2) is 8.69. The number of nitrogens with zero attached hydrogens (tertiary/aromatic N) is 1. The predicted octanol–water partition coefficient (Wildman–Crippen LogP) is 2.03. The number of benzene rings is 2. The number of hydrogen-bond acceptors (Lipinski definition) is 5. The first-order valence-corrected chi connectivity index (χ1v) is 8.89. The van der Waals surface area contributed by atoms with E-state index in [1.165, 1.54) is 0 Å². The summed E-state index contributed by atoms with van der Waals surface area (Å²) in [5.74, 6) is 0.541. The van der Waals surface area contributed by atoms with E-state index in [2.05, 4.69) is 15.5 Å². The average molecular weight is 355 g/mol. The third-order valence-corrected chi connectivity index (χ3v) is 4.42. The maximum absolute atomic E-state index is 12.5. The Morgan fingerprint density at radius 3 is 2.58 bits per heavy atom. The zero-order valence-electron chi connectivity index (χ0n) is 15.0. The normalized spacial score (nSPS) is 14.2. The number of amides is 1. The largest absolute Gasteiger partial charge is 0.491 e. The maximum atomic E-state index is 12.5. The minimum Gasteiger partial charge on any atom is -0.491 e. The smallest absolute Gasteiger partial charge is 0.255 e. The minimum atomic E-state index is -0.135. The van der Waals surface area contributed by atoms with Crippen molar-refractivity contribution in [1.29, 1.82) is 0 Å². The van der Waals surface area contributed by atoms with Gasteiger partial charge in [-0.15, -0.1) is 0 Å². The molecule has 2 aromatic carbocycles. The van der Waals surface area contributed by atoms with E-state index in [4.69, 9.17) is 9.84 Å². The van der Waals surface area contributed by atoms with Crippen molar-refractivity contribution in [3.8, 4) is 5.75 Å². The summed E-state index contributed by atoms with van der Waals surface area (Å²) in [6.45, 7) is 6.07. The van der Waals surface area contributed by atoms with Gasteiger partial charge >= 0.3 is 0 Å². The van der Waals surface area contributed by atoms with Crippen LogP contribution in [0.2, 0.25) is 0 Å². The van der Waals surface area contributed by atoms with Crippen LogP contribution in [0.3, 0.4) is 0 Å². The molecule has 0 saturated carbocycles. The fourth-order valence-electron chi connectivity index (χ4n) is 2.97. The van der Waals surface area contributed by atoms with E-state index < -0.39 is 0 Å². The van der Waals surface area contributed by atoms with Crippen LogP contribution in [-0.4, -0.2) is 50.4 Å². The standard InChI is InChI=1S/C20H25N3O3/c1-15-14-18(26-13-12-24)6-7-19(15)22-20(25)16-2-4-17(5-3-16)23-10-8-21-9-11-23/h2-7,14,21,24H,8-13H2,1H3,(H,22,25). The number of aryl methyl sites for hydroxylation is 1. The molecule has 1 fully saturated rings. The first-order chi connectivity index (χ1) is 12.7. The molecule has 6 nitrogen and oxygen atoms in total. The Labute approximate surface area is 153 Å². The number of anilines is 2. The number of rotatable bonds is 6. The van der Waals surface area contributed by atoms with Crippen LogP contribution in [-0.2, 0) is 0 Å². The van der Waals surface area contributed by atoms with Gasteiger partial charge in [-0.2, -0.15) is 0 Å². The van der Waals surface area contributed by atoms with Crippen LogP contribution in [0.5, 0.6) is 5.75 Å². The lowest BCUT2D eigenvalue weighted by molar-refractivity contribution is 0.102. The minimum absolute atomic E-state index is 0.0263. The van der Waals surface area contributed by atoms with Crippen LogP contribution >= 0.6 is 0 Å². The second-order valence-electron chi connectivity index (χ2n) is 6.29. The molecule has 1 saturated heterocycles. The number of aliphatic hydroxyl groups excluding tert-OH is 1. The molecule has 3 rings (SSSR count). The summed E-state index contributed by atoms with van der Waals surface area (Å²) < 4.78 is 5.38. The van der Waals surface area contributed by atoms with E-state index >= 15 is 0 Å². The summed E-state index contributed by atoms with van der Waals surface area (Å²) in [6.07, 6.45) is 0. The molecule has 0 bridgehead atoms. The summed E-state index contributed by atoms with van der Waals surface area (Å²) in [5.41, 5.74) is 3.43. The highest BCUT2D eigenvalue weighted by Crippen LogP contribution is 2.22. The summed E-state index contributed by atoms with van der Waals surface area (Å²) in [7, 11) is 0. The van der Waals surface area contributed by atoms with Gasteiger partial charge in [0.05, 0.1) is 6.61 Å². The van der Waals surface area contributed by atoms with E-state index in [0.29, 0.717) is 11.3 Å². The Morgan fingerprint density at radius 1 is 1.19 bits per heavy atom. The van der Waals surface area contributed by atoms with Crippen LogP contribution in [0.1, 0.15) is 15.9 Å². The van der Waals surface area contributed by atoms with Crippen molar-refractivity contribution in [3.05, 3.63) is 53.6 Å². The van der Waals surface area contributed by atoms with Gasteiger partial charge in [0.25, 0.3) is 5.91 Å². The number of carbonyl (C=O) groups excluding carboxylic acids is 1. The first-order valence-electron chi connectivity index (χ1n) is 8.89. The van der Waals surface area contributed by atoms with Crippen molar-refractivity contribution >= 4 is 17.3 Å². The van der Waals surface area contributed by atoms with Crippen LogP contribution in [0.15, 0.2) is 42.5 Å². The van der Waals surface area contributed by atoms with E-state index in [1.54, 1.807) is 6.07 Å². The molecule has 2 aromatic rings. The number of aliphatic hydroxyl groups is 1. The molecule has 0 aliphatic carbocycles. The maximum Gasteiger partial charge on any atom is 0.255 e. The highest BCUT2D eigenvalue weighted by molar-refractivity contribution is 6.04. The van der Waals surface area contributed by atoms with Gasteiger partial charge in [0.2, 0.25) is 0 Å². The molecule has 1 aliphatic heterocycles. The summed E-state index contributed by atoms with van der Waals surface area (Å²) >= 11 is 0. The SMILES string of the molecule is Cc1cc(OCCO)ccc1NC(=O)c1ccc(N2CCNCC2)cc1. The Hall–Kier alpha value is -2.57. The van der Waals surface area contributed by atoms with Gasteiger partial charge in [0.1, 0.15) is 12.4 Å². The fraction of sp³-hybridized carbons (Fsp3) is 0.350. The van der Waals surface area contributed by atoms with Gasteiger partial charge < -0.3 is 25.4 Å². The summed E-state index contributed by atoms with van der Waals surface area (Å²) in [5, 5.41) is 15.1. The van der Waals surface area contributed by atoms with Crippen molar-refractivity contribution < 1.29 is 14.6 Å². The van der Waals surface area contributed by atoms with E-state index in [9.17, 15) is 4.79 Å². The van der Waals surface area contributed by atoms with Crippen molar-refractivity contribution in [3.63, 3.8) is 0 Å². The molecule has 0 unspecified atom stereocenters. The Bertz CT molecular complexity index is 740. The van der Waals surface area contributed by atoms with Crippen LogP contribution in [0.4, 0.5) is 11.4 Å². The Kier molecular flexibility index (Phi) is 6.09. The Morgan fingerprint density at radius 2 is 1.92 bits per heavy atom. The van der Waals surface area contributed by atoms with Gasteiger partial charge in [0, 0.05) is 43.1 Å². The van der Waals surface area contributed by atoms with Crippen LogP contribution < -0.4 is 20.3 Å². The number of nitrogens with one attached hydrogen (secondary N) is 2. The number of carbonyl (C=O) groups is 1. The summed E-state index contributed by atoms with van der Waals surface area (Å²) in [4.78, 5) is 14.8. The van der Waals surface area contributed by atoms with Gasteiger partial charge in [-0.1, -0.05) is 0 Å². The molecule has 0 aromatic heterocycles. The molecular weight excluding hydrogens is 330 g/mol. The number of ether oxygens (including phenoxy) is 1. The molecule has 26 heavy (non-hydrogen) atoms. The van der Waals surface area contributed by atoms with E-state index in [0.717, 1.165) is 43.1 Å². The molecule has 6 heteroatoms. The molecular formula is C20H25N3O3. The molecule has 3 N–H and O–H groups in total. The zero-order chi connectivity index (χ0) is 18.4. The van der Waals surface area contributed by atoms with Crippen LogP contribution in [0.25, 0.3) is 0 Å². The molecule has 1 heterocycles. The molecule has 0 atom stereocenters. The lowest BCUT2D eigenvalue weighted by Gasteiger charge is -2.29.